The molecule has 0 saturated heterocycles. The van der Waals surface area contributed by atoms with Crippen molar-refractivity contribution in [1.82, 2.24) is 0 Å². The minimum absolute atomic E-state index is 0.0383. The summed E-state index contributed by atoms with van der Waals surface area (Å²) in [5.41, 5.74) is 8.06. The molecule has 0 radical (unpaired) electrons. The first-order valence-electron chi connectivity index (χ1n) is 7.17. The first kappa shape index (κ1) is 16.1. The molecule has 0 amide bonds. The van der Waals surface area contributed by atoms with Crippen LogP contribution in [0, 0.1) is 0 Å². The molecule has 2 N–H and O–H groups in total. The zero-order valence-electron chi connectivity index (χ0n) is 12.8. The van der Waals surface area contributed by atoms with Crippen molar-refractivity contribution in [3.8, 4) is 11.5 Å². The Morgan fingerprint density at radius 3 is 2.43 bits per heavy atom. The molecule has 112 valence electrons. The maximum Gasteiger partial charge on any atom is 0.131 e. The van der Waals surface area contributed by atoms with Gasteiger partial charge in [0.1, 0.15) is 11.5 Å². The van der Waals surface area contributed by atoms with Gasteiger partial charge in [-0.25, -0.2) is 0 Å². The summed E-state index contributed by atoms with van der Waals surface area (Å²) in [5, 5.41) is 0. The Kier molecular flexibility index (Phi) is 5.07. The number of ether oxygens (including phenoxy) is 1. The molecule has 0 bridgehead atoms. The van der Waals surface area contributed by atoms with Gasteiger partial charge >= 0.3 is 0 Å². The average Bonchev–Trinajstić information content (AvgIpc) is 2.41. The van der Waals surface area contributed by atoms with Crippen molar-refractivity contribution >= 4 is 15.9 Å². The zero-order valence-corrected chi connectivity index (χ0v) is 14.4. The van der Waals surface area contributed by atoms with Gasteiger partial charge in [-0.05, 0) is 42.1 Å². The lowest BCUT2D eigenvalue weighted by Gasteiger charge is -2.23. The highest BCUT2D eigenvalue weighted by Crippen LogP contribution is 2.36. The van der Waals surface area contributed by atoms with Crippen molar-refractivity contribution in [3.63, 3.8) is 0 Å². The Bertz CT molecular complexity index is 617. The van der Waals surface area contributed by atoms with Gasteiger partial charge in [-0.1, -0.05) is 61.0 Å². The topological polar surface area (TPSA) is 35.2 Å². The largest absolute Gasteiger partial charge is 0.457 e. The van der Waals surface area contributed by atoms with Gasteiger partial charge in [-0.2, -0.15) is 0 Å². The van der Waals surface area contributed by atoms with Crippen LogP contribution in [0.3, 0.4) is 0 Å². The number of nitrogens with two attached hydrogens (primary N) is 1. The quantitative estimate of drug-likeness (QED) is 0.840. The fourth-order valence-corrected chi connectivity index (χ4v) is 2.62. The lowest BCUT2D eigenvalue weighted by Crippen LogP contribution is -2.12. The zero-order chi connectivity index (χ0) is 15.5. The van der Waals surface area contributed by atoms with E-state index in [2.05, 4.69) is 54.9 Å². The molecule has 0 aliphatic rings. The van der Waals surface area contributed by atoms with Crippen LogP contribution >= 0.6 is 15.9 Å². The molecule has 2 rings (SSSR count). The van der Waals surface area contributed by atoms with Crippen LogP contribution < -0.4 is 10.5 Å². The van der Waals surface area contributed by atoms with Gasteiger partial charge in [0.05, 0.1) is 0 Å². The van der Waals surface area contributed by atoms with Gasteiger partial charge in [0, 0.05) is 10.0 Å². The maximum atomic E-state index is 6.21. The van der Waals surface area contributed by atoms with Crippen LogP contribution in [-0.2, 0) is 11.8 Å². The molecule has 21 heavy (non-hydrogen) atoms. The SMILES string of the molecule is CC(C)(C)c1ccccc1Oc1cc(Br)ccc1CCN. The highest BCUT2D eigenvalue weighted by atomic mass is 79.9. The van der Waals surface area contributed by atoms with Crippen LogP contribution in [0.2, 0.25) is 0 Å². The predicted octanol–water partition coefficient (Wildman–Crippen LogP) is 5.04. The van der Waals surface area contributed by atoms with Gasteiger partial charge in [-0.3, -0.25) is 0 Å². The summed E-state index contributed by atoms with van der Waals surface area (Å²) >= 11 is 3.51. The molecule has 2 aromatic rings. The smallest absolute Gasteiger partial charge is 0.131 e. The third-order valence-electron chi connectivity index (χ3n) is 3.36. The Balaban J connectivity index is 2.41. The molecule has 0 saturated carbocycles. The molecule has 2 aromatic carbocycles. The summed E-state index contributed by atoms with van der Waals surface area (Å²) in [7, 11) is 0. The number of benzene rings is 2. The van der Waals surface area contributed by atoms with E-state index in [-0.39, 0.29) is 5.41 Å². The van der Waals surface area contributed by atoms with E-state index < -0.39 is 0 Å². The van der Waals surface area contributed by atoms with Crippen molar-refractivity contribution in [2.45, 2.75) is 32.6 Å². The second-order valence-electron chi connectivity index (χ2n) is 6.14. The van der Waals surface area contributed by atoms with E-state index in [0.717, 1.165) is 28.0 Å². The van der Waals surface area contributed by atoms with E-state index in [0.29, 0.717) is 6.54 Å². The first-order valence-corrected chi connectivity index (χ1v) is 7.97. The fraction of sp³-hybridized carbons (Fsp3) is 0.333. The van der Waals surface area contributed by atoms with E-state index in [1.807, 2.05) is 24.3 Å². The molecule has 0 aromatic heterocycles. The third kappa shape index (κ3) is 4.08. The average molecular weight is 348 g/mol. The number of rotatable bonds is 4. The molecular formula is C18H22BrNO. The summed E-state index contributed by atoms with van der Waals surface area (Å²) in [6, 6.07) is 14.3. The van der Waals surface area contributed by atoms with E-state index in [4.69, 9.17) is 10.5 Å². The summed E-state index contributed by atoms with van der Waals surface area (Å²) in [6.07, 6.45) is 0.806. The Morgan fingerprint density at radius 1 is 1.05 bits per heavy atom. The summed E-state index contributed by atoms with van der Waals surface area (Å²) in [6.45, 7) is 7.18. The summed E-state index contributed by atoms with van der Waals surface area (Å²) in [4.78, 5) is 0. The Morgan fingerprint density at radius 2 is 1.76 bits per heavy atom. The third-order valence-corrected chi connectivity index (χ3v) is 3.85. The molecule has 0 unspecified atom stereocenters. The second-order valence-corrected chi connectivity index (χ2v) is 7.05. The van der Waals surface area contributed by atoms with E-state index >= 15 is 0 Å². The van der Waals surface area contributed by atoms with Crippen LogP contribution in [0.4, 0.5) is 0 Å². The van der Waals surface area contributed by atoms with E-state index in [1.165, 1.54) is 5.56 Å². The lowest BCUT2D eigenvalue weighted by molar-refractivity contribution is 0.450. The monoisotopic (exact) mass is 347 g/mol. The highest BCUT2D eigenvalue weighted by Gasteiger charge is 2.19. The minimum Gasteiger partial charge on any atom is -0.457 e. The van der Waals surface area contributed by atoms with Crippen LogP contribution in [0.1, 0.15) is 31.9 Å². The van der Waals surface area contributed by atoms with Gasteiger partial charge in [-0.15, -0.1) is 0 Å². The molecule has 2 nitrogen and oxygen atoms in total. The van der Waals surface area contributed by atoms with Crippen LogP contribution in [-0.4, -0.2) is 6.54 Å². The Hall–Kier alpha value is -1.32. The van der Waals surface area contributed by atoms with Crippen LogP contribution in [0.15, 0.2) is 46.9 Å². The van der Waals surface area contributed by atoms with Crippen molar-refractivity contribution in [1.29, 1.82) is 0 Å². The predicted molar refractivity (Wildman–Crippen MR) is 92.1 cm³/mol. The first-order chi connectivity index (χ1) is 9.91. The summed E-state index contributed by atoms with van der Waals surface area (Å²) < 4.78 is 7.22. The summed E-state index contributed by atoms with van der Waals surface area (Å²) in [5.74, 6) is 1.77. The van der Waals surface area contributed by atoms with Gasteiger partial charge in [0.2, 0.25) is 0 Å². The highest BCUT2D eigenvalue weighted by molar-refractivity contribution is 9.10. The number of para-hydroxylation sites is 1. The van der Waals surface area contributed by atoms with Crippen molar-refractivity contribution in [3.05, 3.63) is 58.1 Å². The van der Waals surface area contributed by atoms with Crippen LogP contribution in [0.5, 0.6) is 11.5 Å². The van der Waals surface area contributed by atoms with E-state index in [9.17, 15) is 0 Å². The molecule has 0 heterocycles. The van der Waals surface area contributed by atoms with Crippen LogP contribution in [0.25, 0.3) is 0 Å². The molecule has 0 atom stereocenters. The van der Waals surface area contributed by atoms with Gasteiger partial charge < -0.3 is 10.5 Å². The van der Waals surface area contributed by atoms with Gasteiger partial charge in [0.15, 0.2) is 0 Å². The molecular weight excluding hydrogens is 326 g/mol. The van der Waals surface area contributed by atoms with Crippen molar-refractivity contribution < 1.29 is 4.74 Å². The van der Waals surface area contributed by atoms with Crippen molar-refractivity contribution in [2.75, 3.05) is 6.54 Å². The normalized spacial score (nSPS) is 11.5. The minimum atomic E-state index is 0.0383. The molecule has 0 aliphatic carbocycles. The lowest BCUT2D eigenvalue weighted by atomic mass is 9.86. The van der Waals surface area contributed by atoms with Gasteiger partial charge in [0.25, 0.3) is 0 Å². The Labute approximate surface area is 135 Å². The number of halogens is 1. The molecule has 0 spiro atoms. The number of hydrogen-bond acceptors (Lipinski definition) is 2. The molecule has 0 fully saturated rings. The van der Waals surface area contributed by atoms with E-state index in [1.54, 1.807) is 0 Å². The molecule has 3 heteroatoms. The fourth-order valence-electron chi connectivity index (χ4n) is 2.28. The second kappa shape index (κ2) is 6.63. The maximum absolute atomic E-state index is 6.21. The number of hydrogen-bond donors (Lipinski definition) is 1. The van der Waals surface area contributed by atoms with Crippen molar-refractivity contribution in [2.24, 2.45) is 5.73 Å². The molecule has 0 aliphatic heterocycles. The standard InChI is InChI=1S/C18H22BrNO/c1-18(2,3)15-6-4-5-7-16(15)21-17-12-14(19)9-8-13(17)10-11-20/h4-9,12H,10-11,20H2,1-3H3.